The molecule has 0 aromatic carbocycles. The summed E-state index contributed by atoms with van der Waals surface area (Å²) in [6.45, 7) is 10.5. The molecular weight excluding hydrogens is 426 g/mol. The molecule has 1 rings (SSSR count). The van der Waals surface area contributed by atoms with Crippen LogP contribution in [0.25, 0.3) is 0 Å². The summed E-state index contributed by atoms with van der Waals surface area (Å²) in [5.74, 6) is 0.140. The molecule has 1 aromatic rings. The second-order valence-corrected chi connectivity index (χ2v) is 12.8. The fraction of sp³-hybridized carbons (Fsp3) is 0.600. The van der Waals surface area contributed by atoms with E-state index >= 15 is 0 Å². The standard InChI is InChI=1S/C15H24BrN3O6Si/c1-15(2,3)26(4,5)24-9-11(25-14(17)20)8-23-13-12(16)6-10(7-18-13)19(21)22/h6-7,11H,8-9H2,1-5H3,(H2,17,20)/t11-/m1/s1. The van der Waals surface area contributed by atoms with Crippen LogP contribution < -0.4 is 10.5 Å². The number of hydrogen-bond acceptors (Lipinski definition) is 7. The van der Waals surface area contributed by atoms with Gasteiger partial charge in [-0.15, -0.1) is 0 Å². The van der Waals surface area contributed by atoms with E-state index < -0.39 is 25.4 Å². The number of nitrogens with two attached hydrogens (primary N) is 1. The maximum atomic E-state index is 11.1. The van der Waals surface area contributed by atoms with E-state index in [1.165, 1.54) is 6.07 Å². The average Bonchev–Trinajstić information content (AvgIpc) is 2.49. The number of nitro groups is 1. The van der Waals surface area contributed by atoms with Crippen LogP contribution in [0, 0.1) is 10.1 Å². The summed E-state index contributed by atoms with van der Waals surface area (Å²) in [5.41, 5.74) is 4.94. The summed E-state index contributed by atoms with van der Waals surface area (Å²) >= 11 is 3.16. The molecule has 1 aromatic heterocycles. The van der Waals surface area contributed by atoms with Crippen LogP contribution in [-0.4, -0.2) is 43.6 Å². The second-order valence-electron chi connectivity index (χ2n) is 7.18. The highest BCUT2D eigenvalue weighted by Crippen LogP contribution is 2.36. The number of halogens is 1. The predicted molar refractivity (Wildman–Crippen MR) is 102 cm³/mol. The van der Waals surface area contributed by atoms with Crippen molar-refractivity contribution in [1.82, 2.24) is 4.98 Å². The lowest BCUT2D eigenvalue weighted by Crippen LogP contribution is -2.44. The minimum atomic E-state index is -2.05. The molecule has 11 heteroatoms. The van der Waals surface area contributed by atoms with Gasteiger partial charge in [0.05, 0.1) is 16.0 Å². The summed E-state index contributed by atoms with van der Waals surface area (Å²) < 4.78 is 16.9. The quantitative estimate of drug-likeness (QED) is 0.364. The van der Waals surface area contributed by atoms with Crippen LogP contribution in [0.3, 0.4) is 0 Å². The van der Waals surface area contributed by atoms with Gasteiger partial charge in [0, 0.05) is 6.07 Å². The Morgan fingerprint density at radius 2 is 2.04 bits per heavy atom. The van der Waals surface area contributed by atoms with E-state index in [1.54, 1.807) is 0 Å². The summed E-state index contributed by atoms with van der Waals surface area (Å²) in [5, 5.41) is 10.7. The van der Waals surface area contributed by atoms with Gasteiger partial charge in [-0.2, -0.15) is 0 Å². The molecule has 0 unspecified atom stereocenters. The van der Waals surface area contributed by atoms with Gasteiger partial charge >= 0.3 is 6.09 Å². The van der Waals surface area contributed by atoms with Gasteiger partial charge in [-0.3, -0.25) is 10.1 Å². The first kappa shape index (κ1) is 22.3. The van der Waals surface area contributed by atoms with E-state index in [9.17, 15) is 14.9 Å². The SMILES string of the molecule is CC(C)(C)[Si](C)(C)OC[C@@H](COc1ncc([N+](=O)[O-])cc1Br)OC(N)=O. The van der Waals surface area contributed by atoms with Gasteiger partial charge < -0.3 is 19.6 Å². The van der Waals surface area contributed by atoms with Crippen LogP contribution in [0.5, 0.6) is 5.88 Å². The third kappa shape index (κ3) is 6.54. The lowest BCUT2D eigenvalue weighted by molar-refractivity contribution is -0.385. The van der Waals surface area contributed by atoms with Crippen LogP contribution >= 0.6 is 15.9 Å². The van der Waals surface area contributed by atoms with Crippen LogP contribution in [0.4, 0.5) is 10.5 Å². The van der Waals surface area contributed by atoms with Crippen molar-refractivity contribution in [3.63, 3.8) is 0 Å². The fourth-order valence-corrected chi connectivity index (χ4v) is 3.08. The van der Waals surface area contributed by atoms with Gasteiger partial charge in [0.1, 0.15) is 12.8 Å². The maximum absolute atomic E-state index is 11.1. The van der Waals surface area contributed by atoms with Gasteiger partial charge in [0.15, 0.2) is 14.4 Å². The number of carbonyl (C=O) groups excluding carboxylic acids is 1. The van der Waals surface area contributed by atoms with Crippen molar-refractivity contribution in [3.8, 4) is 5.88 Å². The molecule has 0 aliphatic carbocycles. The highest BCUT2D eigenvalue weighted by atomic mass is 79.9. The molecule has 0 fully saturated rings. The largest absolute Gasteiger partial charge is 0.473 e. The van der Waals surface area contributed by atoms with Crippen LogP contribution in [0.1, 0.15) is 20.8 Å². The molecule has 0 aliphatic heterocycles. The molecule has 9 nitrogen and oxygen atoms in total. The first-order chi connectivity index (χ1) is 11.8. The number of nitrogens with zero attached hydrogens (tertiary/aromatic N) is 2. The van der Waals surface area contributed by atoms with Gasteiger partial charge in [-0.1, -0.05) is 20.8 Å². The van der Waals surface area contributed by atoms with Crippen LogP contribution in [0.2, 0.25) is 18.1 Å². The smallest absolute Gasteiger partial charge is 0.404 e. The Balaban J connectivity index is 2.77. The Morgan fingerprint density at radius 3 is 2.50 bits per heavy atom. The van der Waals surface area contributed by atoms with Gasteiger partial charge in [0.2, 0.25) is 5.88 Å². The fourth-order valence-electron chi connectivity index (χ4n) is 1.59. The maximum Gasteiger partial charge on any atom is 0.404 e. The van der Waals surface area contributed by atoms with E-state index in [4.69, 9.17) is 19.6 Å². The minimum absolute atomic E-state index is 0.00587. The molecule has 26 heavy (non-hydrogen) atoms. The van der Waals surface area contributed by atoms with Crippen molar-refractivity contribution in [2.45, 2.75) is 45.0 Å². The Bertz CT molecular complexity index is 665. The number of primary amides is 1. The molecule has 0 radical (unpaired) electrons. The third-order valence-corrected chi connectivity index (χ3v) is 9.20. The van der Waals surface area contributed by atoms with Gasteiger partial charge in [0.25, 0.3) is 5.69 Å². The predicted octanol–water partition coefficient (Wildman–Crippen LogP) is 3.62. The number of ether oxygens (including phenoxy) is 2. The van der Waals surface area contributed by atoms with E-state index in [2.05, 4.69) is 54.8 Å². The highest BCUT2D eigenvalue weighted by Gasteiger charge is 2.38. The van der Waals surface area contributed by atoms with Crippen molar-refractivity contribution in [3.05, 3.63) is 26.9 Å². The second kappa shape index (κ2) is 8.78. The number of aromatic nitrogens is 1. The van der Waals surface area contributed by atoms with E-state index in [0.717, 1.165) is 6.20 Å². The number of amides is 1. The van der Waals surface area contributed by atoms with Crippen molar-refractivity contribution in [2.75, 3.05) is 13.2 Å². The lowest BCUT2D eigenvalue weighted by Gasteiger charge is -2.37. The summed E-state index contributed by atoms with van der Waals surface area (Å²) in [6, 6.07) is 1.28. The molecular formula is C15H24BrN3O6Si. The summed E-state index contributed by atoms with van der Waals surface area (Å²) in [6.07, 6.45) is -0.588. The molecule has 0 spiro atoms. The Hall–Kier alpha value is -1.72. The van der Waals surface area contributed by atoms with Crippen LogP contribution in [0.15, 0.2) is 16.7 Å². The van der Waals surface area contributed by atoms with E-state index in [-0.39, 0.29) is 29.8 Å². The molecule has 146 valence electrons. The molecule has 1 atom stereocenters. The van der Waals surface area contributed by atoms with E-state index in [1.807, 2.05) is 0 Å². The molecule has 1 amide bonds. The third-order valence-electron chi connectivity index (χ3n) is 4.13. The average molecular weight is 450 g/mol. The lowest BCUT2D eigenvalue weighted by atomic mass is 10.2. The zero-order chi connectivity index (χ0) is 20.1. The van der Waals surface area contributed by atoms with Gasteiger partial charge in [-0.05, 0) is 34.1 Å². The molecule has 0 saturated heterocycles. The molecule has 1 heterocycles. The van der Waals surface area contributed by atoms with Gasteiger partial charge in [-0.25, -0.2) is 9.78 Å². The first-order valence-electron chi connectivity index (χ1n) is 7.86. The zero-order valence-electron chi connectivity index (χ0n) is 15.4. The highest BCUT2D eigenvalue weighted by molar-refractivity contribution is 9.10. The number of hydrogen-bond donors (Lipinski definition) is 1. The topological polar surface area (TPSA) is 127 Å². The summed E-state index contributed by atoms with van der Waals surface area (Å²) in [4.78, 5) is 25.2. The first-order valence-corrected chi connectivity index (χ1v) is 11.6. The molecule has 2 N–H and O–H groups in total. The Morgan fingerprint density at radius 1 is 1.42 bits per heavy atom. The molecule has 0 aliphatic rings. The summed E-state index contributed by atoms with van der Waals surface area (Å²) in [7, 11) is -2.05. The normalized spacial score (nSPS) is 13.2. The van der Waals surface area contributed by atoms with Crippen molar-refractivity contribution in [1.29, 1.82) is 0 Å². The number of rotatable bonds is 8. The Labute approximate surface area is 161 Å². The molecule has 0 saturated carbocycles. The number of carbonyl (C=O) groups is 1. The Kier molecular flexibility index (Phi) is 7.53. The monoisotopic (exact) mass is 449 g/mol. The van der Waals surface area contributed by atoms with Crippen molar-refractivity contribution < 1.29 is 23.6 Å². The van der Waals surface area contributed by atoms with Crippen molar-refractivity contribution >= 4 is 36.0 Å². The van der Waals surface area contributed by atoms with Crippen LogP contribution in [-0.2, 0) is 9.16 Å². The molecule has 0 bridgehead atoms. The number of pyridine rings is 1. The van der Waals surface area contributed by atoms with Crippen molar-refractivity contribution in [2.24, 2.45) is 5.73 Å². The zero-order valence-corrected chi connectivity index (χ0v) is 18.0. The minimum Gasteiger partial charge on any atom is -0.473 e. The van der Waals surface area contributed by atoms with E-state index in [0.29, 0.717) is 4.47 Å².